The highest BCUT2D eigenvalue weighted by Gasteiger charge is 2.11. The summed E-state index contributed by atoms with van der Waals surface area (Å²) in [4.78, 5) is 0. The van der Waals surface area contributed by atoms with Crippen molar-refractivity contribution in [3.63, 3.8) is 0 Å². The molecule has 5 heteroatoms. The van der Waals surface area contributed by atoms with Crippen molar-refractivity contribution in [3.05, 3.63) is 47.8 Å². The number of nitrogens with two attached hydrogens (primary N) is 1. The van der Waals surface area contributed by atoms with Gasteiger partial charge in [0.25, 0.3) is 0 Å². The van der Waals surface area contributed by atoms with Crippen LogP contribution in [0.15, 0.2) is 36.4 Å². The lowest BCUT2D eigenvalue weighted by atomic mass is 10.1. The molecule has 2 rings (SSSR count). The highest BCUT2D eigenvalue weighted by Crippen LogP contribution is 2.32. The summed E-state index contributed by atoms with van der Waals surface area (Å²) in [5, 5.41) is 11.9. The van der Waals surface area contributed by atoms with Crippen LogP contribution in [0.3, 0.4) is 0 Å². The molecule has 96 valence electrons. The Morgan fingerprint density at radius 2 is 2.11 bits per heavy atom. The number of hydrogen-bond acceptors (Lipinski definition) is 4. The summed E-state index contributed by atoms with van der Waals surface area (Å²) < 4.78 is 18.9. The first-order valence-corrected chi connectivity index (χ1v) is 5.55. The molecule has 0 aliphatic carbocycles. The molecule has 19 heavy (non-hydrogen) atoms. The van der Waals surface area contributed by atoms with Crippen molar-refractivity contribution in [2.75, 3.05) is 18.2 Å². The van der Waals surface area contributed by atoms with Crippen molar-refractivity contribution in [1.82, 2.24) is 0 Å². The molecule has 0 unspecified atom stereocenters. The van der Waals surface area contributed by atoms with E-state index in [4.69, 9.17) is 15.7 Å². The normalized spacial score (nSPS) is 9.74. The van der Waals surface area contributed by atoms with Crippen LogP contribution in [-0.2, 0) is 0 Å². The third-order valence-corrected chi connectivity index (χ3v) is 2.62. The summed E-state index contributed by atoms with van der Waals surface area (Å²) in [6, 6.07) is 11.3. The van der Waals surface area contributed by atoms with Crippen molar-refractivity contribution in [1.29, 1.82) is 5.26 Å². The summed E-state index contributed by atoms with van der Waals surface area (Å²) in [5.41, 5.74) is 6.85. The number of ether oxygens (including phenoxy) is 1. The zero-order valence-corrected chi connectivity index (χ0v) is 10.3. The van der Waals surface area contributed by atoms with E-state index in [0.29, 0.717) is 22.7 Å². The standard InChI is InChI=1S/C14H12FN3O/c1-19-13-4-2-3-9(8-16)14(13)18-12-6-5-10(17)7-11(12)15/h2-7,18H,17H2,1H3. The summed E-state index contributed by atoms with van der Waals surface area (Å²) in [6.45, 7) is 0. The van der Waals surface area contributed by atoms with E-state index in [9.17, 15) is 4.39 Å². The molecule has 0 spiro atoms. The molecule has 4 nitrogen and oxygen atoms in total. The Bertz CT molecular complexity index is 650. The maximum Gasteiger partial charge on any atom is 0.148 e. The second-order valence-corrected chi connectivity index (χ2v) is 3.86. The summed E-state index contributed by atoms with van der Waals surface area (Å²) in [6.07, 6.45) is 0. The smallest absolute Gasteiger partial charge is 0.148 e. The first-order valence-electron chi connectivity index (χ1n) is 5.55. The number of nitrogens with zero attached hydrogens (tertiary/aromatic N) is 1. The van der Waals surface area contributed by atoms with Crippen LogP contribution in [0.1, 0.15) is 5.56 Å². The summed E-state index contributed by atoms with van der Waals surface area (Å²) in [7, 11) is 1.49. The topological polar surface area (TPSA) is 71.1 Å². The van der Waals surface area contributed by atoms with Crippen LogP contribution in [0.25, 0.3) is 0 Å². The fourth-order valence-corrected chi connectivity index (χ4v) is 1.69. The third kappa shape index (κ3) is 2.58. The molecule has 3 N–H and O–H groups in total. The maximum absolute atomic E-state index is 13.7. The monoisotopic (exact) mass is 257 g/mol. The fraction of sp³-hybridized carbons (Fsp3) is 0.0714. The van der Waals surface area contributed by atoms with E-state index in [1.54, 1.807) is 24.3 Å². The van der Waals surface area contributed by atoms with Crippen molar-refractivity contribution in [2.45, 2.75) is 0 Å². The van der Waals surface area contributed by atoms with E-state index >= 15 is 0 Å². The van der Waals surface area contributed by atoms with Crippen molar-refractivity contribution < 1.29 is 9.13 Å². The third-order valence-electron chi connectivity index (χ3n) is 2.62. The molecule has 2 aromatic rings. The minimum absolute atomic E-state index is 0.232. The van der Waals surface area contributed by atoms with Gasteiger partial charge in [-0.1, -0.05) is 6.07 Å². The minimum atomic E-state index is -0.491. The van der Waals surface area contributed by atoms with E-state index in [2.05, 4.69) is 5.32 Å². The number of benzene rings is 2. The predicted molar refractivity (Wildman–Crippen MR) is 71.8 cm³/mol. The van der Waals surface area contributed by atoms with Crippen molar-refractivity contribution in [2.24, 2.45) is 0 Å². The van der Waals surface area contributed by atoms with Gasteiger partial charge in [0, 0.05) is 5.69 Å². The van der Waals surface area contributed by atoms with Crippen LogP contribution in [-0.4, -0.2) is 7.11 Å². The van der Waals surface area contributed by atoms with Gasteiger partial charge in [-0.05, 0) is 30.3 Å². The molecule has 0 aliphatic heterocycles. The number of methoxy groups -OCH3 is 1. The number of nitriles is 1. The fourth-order valence-electron chi connectivity index (χ4n) is 1.69. The highest BCUT2D eigenvalue weighted by atomic mass is 19.1. The number of hydrogen-bond donors (Lipinski definition) is 2. The van der Waals surface area contributed by atoms with Gasteiger partial charge >= 0.3 is 0 Å². The molecule has 0 atom stereocenters. The summed E-state index contributed by atoms with van der Waals surface area (Å²) in [5.74, 6) is -0.0231. The van der Waals surface area contributed by atoms with Gasteiger partial charge in [0.15, 0.2) is 0 Å². The SMILES string of the molecule is COc1cccc(C#N)c1Nc1ccc(N)cc1F. The van der Waals surface area contributed by atoms with Gasteiger partial charge < -0.3 is 15.8 Å². The molecule has 0 fully saturated rings. The highest BCUT2D eigenvalue weighted by molar-refractivity contribution is 5.73. The van der Waals surface area contributed by atoms with Gasteiger partial charge in [0.2, 0.25) is 0 Å². The Morgan fingerprint density at radius 1 is 1.32 bits per heavy atom. The average molecular weight is 257 g/mol. The van der Waals surface area contributed by atoms with E-state index < -0.39 is 5.82 Å². The second kappa shape index (κ2) is 5.27. The van der Waals surface area contributed by atoms with Gasteiger partial charge in [-0.25, -0.2) is 4.39 Å². The van der Waals surface area contributed by atoms with Crippen LogP contribution in [0.4, 0.5) is 21.5 Å². The molecule has 0 radical (unpaired) electrons. The Labute approximate surface area is 110 Å². The number of rotatable bonds is 3. The molecule has 0 heterocycles. The Morgan fingerprint density at radius 3 is 2.74 bits per heavy atom. The van der Waals surface area contributed by atoms with Crippen LogP contribution in [0, 0.1) is 17.1 Å². The molecule has 2 aromatic carbocycles. The lowest BCUT2D eigenvalue weighted by Crippen LogP contribution is -2.00. The van der Waals surface area contributed by atoms with Gasteiger partial charge in [0.1, 0.15) is 17.6 Å². The Kier molecular flexibility index (Phi) is 3.53. The number of anilines is 3. The van der Waals surface area contributed by atoms with Gasteiger partial charge in [-0.15, -0.1) is 0 Å². The average Bonchev–Trinajstić information content (AvgIpc) is 2.42. The Balaban J connectivity index is 2.46. The van der Waals surface area contributed by atoms with Gasteiger partial charge in [0.05, 0.1) is 24.0 Å². The molecule has 0 saturated heterocycles. The van der Waals surface area contributed by atoms with E-state index in [-0.39, 0.29) is 5.69 Å². The molecule has 0 amide bonds. The van der Waals surface area contributed by atoms with Crippen LogP contribution < -0.4 is 15.8 Å². The first kappa shape index (κ1) is 12.7. The number of halogens is 1. The zero-order valence-electron chi connectivity index (χ0n) is 10.3. The molecule has 0 aliphatic rings. The quantitative estimate of drug-likeness (QED) is 0.829. The molecular formula is C14H12FN3O. The van der Waals surface area contributed by atoms with E-state index in [1.807, 2.05) is 6.07 Å². The van der Waals surface area contributed by atoms with Crippen molar-refractivity contribution in [3.8, 4) is 11.8 Å². The van der Waals surface area contributed by atoms with Crippen molar-refractivity contribution >= 4 is 17.1 Å². The summed E-state index contributed by atoms with van der Waals surface area (Å²) >= 11 is 0. The number of para-hydroxylation sites is 1. The minimum Gasteiger partial charge on any atom is -0.495 e. The first-order chi connectivity index (χ1) is 9.15. The predicted octanol–water partition coefficient (Wildman–Crippen LogP) is 3.03. The second-order valence-electron chi connectivity index (χ2n) is 3.86. The molecule has 0 saturated carbocycles. The van der Waals surface area contributed by atoms with Crippen LogP contribution >= 0.6 is 0 Å². The van der Waals surface area contributed by atoms with Crippen LogP contribution in [0.5, 0.6) is 5.75 Å². The van der Waals surface area contributed by atoms with Gasteiger partial charge in [-0.2, -0.15) is 5.26 Å². The zero-order chi connectivity index (χ0) is 13.8. The van der Waals surface area contributed by atoms with E-state index in [1.165, 1.54) is 19.2 Å². The molecular weight excluding hydrogens is 245 g/mol. The van der Waals surface area contributed by atoms with Crippen LogP contribution in [0.2, 0.25) is 0 Å². The number of nitrogens with one attached hydrogen (secondary N) is 1. The number of nitrogen functional groups attached to an aromatic ring is 1. The maximum atomic E-state index is 13.7. The lowest BCUT2D eigenvalue weighted by molar-refractivity contribution is 0.416. The molecule has 0 bridgehead atoms. The Hall–Kier alpha value is -2.74. The lowest BCUT2D eigenvalue weighted by Gasteiger charge is -2.13. The molecule has 0 aromatic heterocycles. The van der Waals surface area contributed by atoms with E-state index in [0.717, 1.165) is 0 Å². The van der Waals surface area contributed by atoms with Gasteiger partial charge in [-0.3, -0.25) is 0 Å². The largest absolute Gasteiger partial charge is 0.495 e.